The zero-order chi connectivity index (χ0) is 19.9. The van der Waals surface area contributed by atoms with Gasteiger partial charge in [-0.25, -0.2) is 0 Å². The molecule has 8 nitrogen and oxygen atoms in total. The van der Waals surface area contributed by atoms with Crippen molar-refractivity contribution in [2.45, 2.75) is 13.0 Å². The van der Waals surface area contributed by atoms with Crippen LogP contribution in [0.4, 0.5) is 0 Å². The molecule has 0 radical (unpaired) electrons. The maximum atomic E-state index is 12.7. The van der Waals surface area contributed by atoms with E-state index in [9.17, 15) is 14.4 Å². The predicted molar refractivity (Wildman–Crippen MR) is 102 cm³/mol. The predicted octanol–water partition coefficient (Wildman–Crippen LogP) is 1.22. The first-order chi connectivity index (χ1) is 13.6. The number of benzene rings is 1. The maximum absolute atomic E-state index is 12.7. The van der Waals surface area contributed by atoms with Gasteiger partial charge in [0.25, 0.3) is 17.4 Å². The molecule has 0 aliphatic carbocycles. The van der Waals surface area contributed by atoms with Crippen LogP contribution in [0.3, 0.4) is 0 Å². The summed E-state index contributed by atoms with van der Waals surface area (Å²) in [7, 11) is 1.44. The third kappa shape index (κ3) is 4.53. The average Bonchev–Trinajstić information content (AvgIpc) is 3.23. The lowest BCUT2D eigenvalue weighted by Crippen LogP contribution is -2.34. The van der Waals surface area contributed by atoms with E-state index in [0.717, 1.165) is 11.1 Å². The van der Waals surface area contributed by atoms with Gasteiger partial charge in [-0.1, -0.05) is 35.5 Å². The summed E-state index contributed by atoms with van der Waals surface area (Å²) in [5.41, 5.74) is 1.45. The molecule has 0 unspecified atom stereocenters. The Kier molecular flexibility index (Phi) is 6.01. The first-order valence-electron chi connectivity index (χ1n) is 8.75. The summed E-state index contributed by atoms with van der Waals surface area (Å²) in [5.74, 6) is -0.908. The number of aromatic nitrogens is 2. The molecule has 0 spiro atoms. The lowest BCUT2D eigenvalue weighted by Gasteiger charge is -2.12. The normalized spacial score (nSPS) is 10.5. The van der Waals surface area contributed by atoms with Crippen molar-refractivity contribution in [2.24, 2.45) is 0 Å². The summed E-state index contributed by atoms with van der Waals surface area (Å²) < 4.78 is 6.12. The Balaban J connectivity index is 1.84. The van der Waals surface area contributed by atoms with Gasteiger partial charge in [-0.15, -0.1) is 0 Å². The Morgan fingerprint density at radius 2 is 1.93 bits per heavy atom. The molecule has 0 aliphatic heterocycles. The van der Waals surface area contributed by atoms with Crippen molar-refractivity contribution in [2.75, 3.05) is 13.6 Å². The highest BCUT2D eigenvalue weighted by Gasteiger charge is 2.17. The third-order valence-corrected chi connectivity index (χ3v) is 4.20. The van der Waals surface area contributed by atoms with Gasteiger partial charge in [0.2, 0.25) is 0 Å². The van der Waals surface area contributed by atoms with Gasteiger partial charge in [-0.05, 0) is 18.1 Å². The Morgan fingerprint density at radius 3 is 2.61 bits per heavy atom. The molecule has 2 heterocycles. The van der Waals surface area contributed by atoms with Crippen LogP contribution in [0, 0.1) is 0 Å². The van der Waals surface area contributed by atoms with Crippen LogP contribution < -0.4 is 16.2 Å². The monoisotopic (exact) mass is 380 g/mol. The number of nitrogens with one attached hydrogen (secondary N) is 2. The highest BCUT2D eigenvalue weighted by Crippen LogP contribution is 2.06. The van der Waals surface area contributed by atoms with Gasteiger partial charge in [-0.3, -0.25) is 14.4 Å². The standard InChI is InChI=1S/C20H20N4O4/c1-21-19(26)17-9-16(18(25)22-8-7-15-10-23-28-13-15)12-24(20(17)27)11-14-5-3-2-4-6-14/h2-6,9-10,12-13H,7-8,11H2,1H3,(H,21,26)(H,22,25). The van der Waals surface area contributed by atoms with Gasteiger partial charge in [0.05, 0.1) is 18.3 Å². The van der Waals surface area contributed by atoms with Crippen molar-refractivity contribution in [3.63, 3.8) is 0 Å². The summed E-state index contributed by atoms with van der Waals surface area (Å²) in [6, 6.07) is 10.7. The van der Waals surface area contributed by atoms with Crippen molar-refractivity contribution in [1.29, 1.82) is 0 Å². The Morgan fingerprint density at radius 1 is 1.14 bits per heavy atom. The average molecular weight is 380 g/mol. The van der Waals surface area contributed by atoms with E-state index in [4.69, 9.17) is 4.52 Å². The lowest BCUT2D eigenvalue weighted by molar-refractivity contribution is 0.0953. The molecule has 8 heteroatoms. The van der Waals surface area contributed by atoms with E-state index >= 15 is 0 Å². The van der Waals surface area contributed by atoms with Crippen LogP contribution in [0.1, 0.15) is 31.8 Å². The molecular weight excluding hydrogens is 360 g/mol. The fraction of sp³-hybridized carbons (Fsp3) is 0.200. The molecule has 0 bridgehead atoms. The summed E-state index contributed by atoms with van der Waals surface area (Å²) in [4.78, 5) is 37.3. The van der Waals surface area contributed by atoms with E-state index in [2.05, 4.69) is 15.8 Å². The molecule has 2 N–H and O–H groups in total. The second-order valence-corrected chi connectivity index (χ2v) is 6.18. The molecule has 2 aromatic heterocycles. The highest BCUT2D eigenvalue weighted by atomic mass is 16.5. The first kappa shape index (κ1) is 19.1. The van der Waals surface area contributed by atoms with Crippen molar-refractivity contribution in [3.8, 4) is 0 Å². The van der Waals surface area contributed by atoms with Crippen molar-refractivity contribution in [1.82, 2.24) is 20.4 Å². The van der Waals surface area contributed by atoms with Crippen molar-refractivity contribution < 1.29 is 14.1 Å². The molecule has 1 aromatic carbocycles. The number of hydrogen-bond acceptors (Lipinski definition) is 5. The van der Waals surface area contributed by atoms with Crippen LogP contribution in [0.5, 0.6) is 0 Å². The van der Waals surface area contributed by atoms with Crippen LogP contribution in [-0.2, 0) is 13.0 Å². The lowest BCUT2D eigenvalue weighted by atomic mass is 10.1. The fourth-order valence-electron chi connectivity index (χ4n) is 2.73. The van der Waals surface area contributed by atoms with Gasteiger partial charge in [0.1, 0.15) is 11.8 Å². The molecule has 0 saturated carbocycles. The second-order valence-electron chi connectivity index (χ2n) is 6.18. The number of hydrogen-bond donors (Lipinski definition) is 2. The van der Waals surface area contributed by atoms with E-state index in [1.54, 1.807) is 6.20 Å². The Bertz CT molecular complexity index is 1010. The summed E-state index contributed by atoms with van der Waals surface area (Å²) >= 11 is 0. The van der Waals surface area contributed by atoms with E-state index < -0.39 is 11.5 Å². The number of nitrogens with zero attached hydrogens (tertiary/aromatic N) is 2. The Labute approximate surface area is 161 Å². The van der Waals surface area contributed by atoms with Crippen LogP contribution in [0.2, 0.25) is 0 Å². The van der Waals surface area contributed by atoms with Crippen LogP contribution in [0.25, 0.3) is 0 Å². The minimum absolute atomic E-state index is 0.0786. The largest absolute Gasteiger partial charge is 0.364 e. The molecule has 144 valence electrons. The van der Waals surface area contributed by atoms with Gasteiger partial charge in [0, 0.05) is 25.4 Å². The van der Waals surface area contributed by atoms with Crippen LogP contribution >= 0.6 is 0 Å². The number of amides is 2. The zero-order valence-electron chi connectivity index (χ0n) is 15.3. The van der Waals surface area contributed by atoms with E-state index in [1.165, 1.54) is 30.1 Å². The topological polar surface area (TPSA) is 106 Å². The van der Waals surface area contributed by atoms with Gasteiger partial charge in [0.15, 0.2) is 0 Å². The highest BCUT2D eigenvalue weighted by molar-refractivity contribution is 5.99. The molecule has 3 rings (SSSR count). The molecule has 28 heavy (non-hydrogen) atoms. The first-order valence-corrected chi connectivity index (χ1v) is 8.75. The minimum Gasteiger partial charge on any atom is -0.364 e. The van der Waals surface area contributed by atoms with Crippen LogP contribution in [-0.4, -0.2) is 35.1 Å². The van der Waals surface area contributed by atoms with Crippen LogP contribution in [0.15, 0.2) is 64.4 Å². The van der Waals surface area contributed by atoms with Crippen molar-refractivity contribution in [3.05, 3.63) is 87.7 Å². The molecule has 2 amide bonds. The molecule has 0 saturated heterocycles. The quantitative estimate of drug-likeness (QED) is 0.641. The van der Waals surface area contributed by atoms with E-state index in [-0.39, 0.29) is 23.6 Å². The molecule has 3 aromatic rings. The molecule has 0 aliphatic rings. The Hall–Kier alpha value is -3.68. The van der Waals surface area contributed by atoms with E-state index in [0.29, 0.717) is 13.0 Å². The summed E-state index contributed by atoms with van der Waals surface area (Å²) in [5, 5.41) is 8.83. The number of carbonyl (C=O) groups is 2. The molecule has 0 fully saturated rings. The fourth-order valence-corrected chi connectivity index (χ4v) is 2.73. The van der Waals surface area contributed by atoms with Gasteiger partial charge >= 0.3 is 0 Å². The van der Waals surface area contributed by atoms with Gasteiger partial charge in [-0.2, -0.15) is 0 Å². The summed E-state index contributed by atoms with van der Waals surface area (Å²) in [6.45, 7) is 0.624. The van der Waals surface area contributed by atoms with Gasteiger partial charge < -0.3 is 19.7 Å². The SMILES string of the molecule is CNC(=O)c1cc(C(=O)NCCc2cnoc2)cn(Cc2ccccc2)c1=O. The molecular formula is C20H20N4O4. The number of carbonyl (C=O) groups excluding carboxylic acids is 2. The number of rotatable bonds is 7. The van der Waals surface area contributed by atoms with Crippen molar-refractivity contribution >= 4 is 11.8 Å². The smallest absolute Gasteiger partial charge is 0.263 e. The third-order valence-electron chi connectivity index (χ3n) is 4.20. The van der Waals surface area contributed by atoms with E-state index in [1.807, 2.05) is 30.3 Å². The molecule has 0 atom stereocenters. The summed E-state index contributed by atoms with van der Waals surface area (Å²) in [6.07, 6.45) is 5.11. The minimum atomic E-state index is -0.536. The second kappa shape index (κ2) is 8.81. The zero-order valence-corrected chi connectivity index (χ0v) is 15.3. The number of pyridine rings is 1. The maximum Gasteiger partial charge on any atom is 0.263 e.